The molecule has 0 spiro atoms. The number of rotatable bonds is 3. The van der Waals surface area contributed by atoms with Crippen LogP contribution in [0.4, 0.5) is 4.79 Å². The highest BCUT2D eigenvalue weighted by Gasteiger charge is 2.25. The molecule has 2 fully saturated rings. The fourth-order valence-electron chi connectivity index (χ4n) is 3.42. The predicted molar refractivity (Wildman–Crippen MR) is 74.6 cm³/mol. The molecule has 2 aliphatic rings. The molecular formula is C15H28N2O. The van der Waals surface area contributed by atoms with Gasteiger partial charge in [-0.3, -0.25) is 0 Å². The standard InChI is InChI=1S/C15H28N2O/c1-2-14-10-6-7-11-17(14)15(18)16-12-13-8-4-3-5-9-13/h13-14H,2-12H2,1H3,(H,16,18). The van der Waals surface area contributed by atoms with Gasteiger partial charge in [-0.1, -0.05) is 26.2 Å². The molecule has 3 nitrogen and oxygen atoms in total. The van der Waals surface area contributed by atoms with E-state index in [0.717, 1.165) is 25.4 Å². The van der Waals surface area contributed by atoms with E-state index in [0.29, 0.717) is 6.04 Å². The molecule has 1 atom stereocenters. The summed E-state index contributed by atoms with van der Waals surface area (Å²) in [6, 6.07) is 0.664. The summed E-state index contributed by atoms with van der Waals surface area (Å²) in [5.74, 6) is 0.729. The number of carbonyl (C=O) groups excluding carboxylic acids is 1. The Morgan fingerprint density at radius 2 is 1.83 bits per heavy atom. The first-order chi connectivity index (χ1) is 8.81. The van der Waals surface area contributed by atoms with Crippen molar-refractivity contribution in [1.82, 2.24) is 10.2 Å². The fraction of sp³-hybridized carbons (Fsp3) is 0.933. The van der Waals surface area contributed by atoms with Crippen LogP contribution in [-0.2, 0) is 0 Å². The summed E-state index contributed by atoms with van der Waals surface area (Å²) in [6.45, 7) is 4.04. The number of hydrogen-bond donors (Lipinski definition) is 1. The van der Waals surface area contributed by atoms with E-state index in [-0.39, 0.29) is 6.03 Å². The molecule has 1 unspecified atom stereocenters. The van der Waals surface area contributed by atoms with Crippen LogP contribution in [0.3, 0.4) is 0 Å². The Kier molecular flexibility index (Phi) is 5.33. The molecule has 3 heteroatoms. The van der Waals surface area contributed by atoms with Crippen LogP contribution >= 0.6 is 0 Å². The largest absolute Gasteiger partial charge is 0.338 e. The van der Waals surface area contributed by atoms with Crippen LogP contribution in [0.5, 0.6) is 0 Å². The Bertz CT molecular complexity index is 261. The van der Waals surface area contributed by atoms with Crippen molar-refractivity contribution in [3.8, 4) is 0 Å². The SMILES string of the molecule is CCC1CCCCN1C(=O)NCC1CCCCC1. The number of nitrogens with zero attached hydrogens (tertiary/aromatic N) is 1. The molecule has 18 heavy (non-hydrogen) atoms. The molecule has 0 bridgehead atoms. The first-order valence-corrected chi connectivity index (χ1v) is 7.85. The minimum atomic E-state index is 0.187. The lowest BCUT2D eigenvalue weighted by Crippen LogP contribution is -2.49. The molecular weight excluding hydrogens is 224 g/mol. The predicted octanol–water partition coefficient (Wildman–Crippen LogP) is 3.54. The van der Waals surface area contributed by atoms with E-state index in [9.17, 15) is 4.79 Å². The van der Waals surface area contributed by atoms with Crippen molar-refractivity contribution < 1.29 is 4.79 Å². The molecule has 104 valence electrons. The highest BCUT2D eigenvalue weighted by molar-refractivity contribution is 5.74. The Balaban J connectivity index is 1.75. The number of piperidine rings is 1. The molecule has 2 amide bonds. The molecule has 1 aliphatic carbocycles. The first-order valence-electron chi connectivity index (χ1n) is 7.85. The smallest absolute Gasteiger partial charge is 0.317 e. The van der Waals surface area contributed by atoms with Crippen LogP contribution in [0.1, 0.15) is 64.7 Å². The van der Waals surface area contributed by atoms with Crippen LogP contribution in [0.2, 0.25) is 0 Å². The van der Waals surface area contributed by atoms with Crippen molar-refractivity contribution in [3.63, 3.8) is 0 Å². The summed E-state index contributed by atoms with van der Waals surface area (Å²) in [4.78, 5) is 14.3. The van der Waals surface area contributed by atoms with Gasteiger partial charge in [-0.05, 0) is 44.4 Å². The molecule has 2 rings (SSSR count). The Labute approximate surface area is 111 Å². The summed E-state index contributed by atoms with van der Waals surface area (Å²) in [5, 5.41) is 3.17. The van der Waals surface area contributed by atoms with E-state index in [1.54, 1.807) is 0 Å². The van der Waals surface area contributed by atoms with Gasteiger partial charge in [0.15, 0.2) is 0 Å². The number of likely N-dealkylation sites (tertiary alicyclic amines) is 1. The zero-order chi connectivity index (χ0) is 12.8. The second-order valence-corrected chi connectivity index (χ2v) is 5.94. The van der Waals surface area contributed by atoms with Gasteiger partial charge in [-0.25, -0.2) is 4.79 Å². The van der Waals surface area contributed by atoms with Crippen LogP contribution < -0.4 is 5.32 Å². The maximum atomic E-state index is 12.2. The first kappa shape index (κ1) is 13.7. The second-order valence-electron chi connectivity index (χ2n) is 5.94. The van der Waals surface area contributed by atoms with E-state index in [1.807, 2.05) is 0 Å². The van der Waals surface area contributed by atoms with Crippen molar-refractivity contribution in [1.29, 1.82) is 0 Å². The molecule has 0 aromatic carbocycles. The topological polar surface area (TPSA) is 32.3 Å². The number of carbonyl (C=O) groups is 1. The number of hydrogen-bond acceptors (Lipinski definition) is 1. The Morgan fingerprint density at radius 1 is 1.11 bits per heavy atom. The van der Waals surface area contributed by atoms with Crippen molar-refractivity contribution in [2.24, 2.45) is 5.92 Å². The summed E-state index contributed by atoms with van der Waals surface area (Å²) in [7, 11) is 0. The Hall–Kier alpha value is -0.730. The lowest BCUT2D eigenvalue weighted by atomic mass is 9.89. The second kappa shape index (κ2) is 7.01. The minimum Gasteiger partial charge on any atom is -0.338 e. The van der Waals surface area contributed by atoms with Crippen molar-refractivity contribution >= 4 is 6.03 Å². The van der Waals surface area contributed by atoms with Gasteiger partial charge in [0, 0.05) is 19.1 Å². The summed E-state index contributed by atoms with van der Waals surface area (Å²) in [5.41, 5.74) is 0. The van der Waals surface area contributed by atoms with Crippen LogP contribution in [0.15, 0.2) is 0 Å². The lowest BCUT2D eigenvalue weighted by Gasteiger charge is -2.35. The monoisotopic (exact) mass is 252 g/mol. The third kappa shape index (κ3) is 3.63. The maximum absolute atomic E-state index is 12.2. The third-order valence-electron chi connectivity index (χ3n) is 4.63. The normalized spacial score (nSPS) is 26.1. The maximum Gasteiger partial charge on any atom is 0.317 e. The molecule has 1 aliphatic heterocycles. The highest BCUT2D eigenvalue weighted by Crippen LogP contribution is 2.23. The number of urea groups is 1. The van der Waals surface area contributed by atoms with Gasteiger partial charge in [0.1, 0.15) is 0 Å². The van der Waals surface area contributed by atoms with E-state index in [2.05, 4.69) is 17.1 Å². The fourth-order valence-corrected chi connectivity index (χ4v) is 3.42. The van der Waals surface area contributed by atoms with Gasteiger partial charge < -0.3 is 10.2 Å². The van der Waals surface area contributed by atoms with Gasteiger partial charge in [0.2, 0.25) is 0 Å². The molecule has 0 aromatic heterocycles. The Morgan fingerprint density at radius 3 is 2.56 bits per heavy atom. The third-order valence-corrected chi connectivity index (χ3v) is 4.63. The van der Waals surface area contributed by atoms with Crippen molar-refractivity contribution in [2.45, 2.75) is 70.8 Å². The van der Waals surface area contributed by atoms with Gasteiger partial charge in [-0.15, -0.1) is 0 Å². The van der Waals surface area contributed by atoms with E-state index < -0.39 is 0 Å². The molecule has 1 saturated carbocycles. The molecule has 1 heterocycles. The van der Waals surface area contributed by atoms with Gasteiger partial charge in [0.25, 0.3) is 0 Å². The van der Waals surface area contributed by atoms with Crippen LogP contribution in [-0.4, -0.2) is 30.1 Å². The molecule has 0 aromatic rings. The number of nitrogens with one attached hydrogen (secondary N) is 1. The molecule has 0 radical (unpaired) electrons. The van der Waals surface area contributed by atoms with Gasteiger partial charge in [-0.2, -0.15) is 0 Å². The van der Waals surface area contributed by atoms with E-state index in [1.165, 1.54) is 51.4 Å². The van der Waals surface area contributed by atoms with Crippen LogP contribution in [0.25, 0.3) is 0 Å². The van der Waals surface area contributed by atoms with E-state index >= 15 is 0 Å². The van der Waals surface area contributed by atoms with E-state index in [4.69, 9.17) is 0 Å². The average molecular weight is 252 g/mol. The zero-order valence-corrected chi connectivity index (χ0v) is 11.8. The van der Waals surface area contributed by atoms with Gasteiger partial charge >= 0.3 is 6.03 Å². The quantitative estimate of drug-likeness (QED) is 0.818. The summed E-state index contributed by atoms with van der Waals surface area (Å²) < 4.78 is 0. The lowest BCUT2D eigenvalue weighted by molar-refractivity contribution is 0.146. The molecule has 1 saturated heterocycles. The minimum absolute atomic E-state index is 0.187. The highest BCUT2D eigenvalue weighted by atomic mass is 16.2. The summed E-state index contributed by atoms with van der Waals surface area (Å²) >= 11 is 0. The number of amides is 2. The van der Waals surface area contributed by atoms with Crippen LogP contribution in [0, 0.1) is 5.92 Å². The zero-order valence-electron chi connectivity index (χ0n) is 11.8. The summed E-state index contributed by atoms with van der Waals surface area (Å²) in [6.07, 6.45) is 11.4. The van der Waals surface area contributed by atoms with Gasteiger partial charge in [0.05, 0.1) is 0 Å². The average Bonchev–Trinajstić information content (AvgIpc) is 2.45. The molecule has 1 N–H and O–H groups in total. The van der Waals surface area contributed by atoms with Crippen molar-refractivity contribution in [3.05, 3.63) is 0 Å². The van der Waals surface area contributed by atoms with Crippen molar-refractivity contribution in [2.75, 3.05) is 13.1 Å².